The van der Waals surface area contributed by atoms with Crippen molar-refractivity contribution < 1.29 is 18.7 Å². The number of nitrogens with zero attached hydrogens (tertiary/aromatic N) is 1. The predicted molar refractivity (Wildman–Crippen MR) is 145 cm³/mol. The Morgan fingerprint density at radius 1 is 1.13 bits per heavy atom. The number of nitrogens with two attached hydrogens (primary N) is 1. The second-order valence-electron chi connectivity index (χ2n) is 9.72. The third kappa shape index (κ3) is 3.92. The molecule has 0 radical (unpaired) electrons. The van der Waals surface area contributed by atoms with Crippen molar-refractivity contribution >= 4 is 22.5 Å². The van der Waals surface area contributed by atoms with E-state index in [-0.39, 0.29) is 22.4 Å². The molecule has 38 heavy (non-hydrogen) atoms. The van der Waals surface area contributed by atoms with Crippen LogP contribution >= 0.6 is 0 Å². The first-order valence-electron chi connectivity index (χ1n) is 12.9. The first kappa shape index (κ1) is 24.2. The van der Waals surface area contributed by atoms with Crippen molar-refractivity contribution in [1.29, 1.82) is 0 Å². The highest BCUT2D eigenvalue weighted by Gasteiger charge is 2.30. The number of anilines is 1. The standard InChI is InChI=1S/C30H28FN3O4/c1-2-10-37-11-6-5-9-33-26-23(31)14-21-27-29(26)38-25-13-18-12-17-7-3-4-8-19(17)20(18)15-24(25)34(27)16-22(28(21)35)30(32)36/h3-4,7-8,13-16,33H,2,5-6,9-12H2,1H3,(H2,32,36). The Balaban J connectivity index is 1.47. The molecule has 0 saturated carbocycles. The molecule has 3 aromatic carbocycles. The molecule has 8 heteroatoms. The van der Waals surface area contributed by atoms with E-state index in [9.17, 15) is 9.59 Å². The molecule has 2 aliphatic rings. The van der Waals surface area contributed by atoms with E-state index in [1.165, 1.54) is 11.8 Å². The highest BCUT2D eigenvalue weighted by atomic mass is 19.1. The number of primary amides is 1. The van der Waals surface area contributed by atoms with Gasteiger partial charge in [0.15, 0.2) is 17.3 Å². The third-order valence-electron chi connectivity index (χ3n) is 7.17. The number of fused-ring (bicyclic) bond motifs is 5. The zero-order valence-electron chi connectivity index (χ0n) is 21.1. The van der Waals surface area contributed by atoms with Crippen LogP contribution in [0.25, 0.3) is 27.7 Å². The zero-order chi connectivity index (χ0) is 26.4. The van der Waals surface area contributed by atoms with Gasteiger partial charge in [0.05, 0.1) is 11.1 Å². The number of halogens is 1. The fourth-order valence-corrected chi connectivity index (χ4v) is 5.37. The van der Waals surface area contributed by atoms with E-state index < -0.39 is 17.2 Å². The summed E-state index contributed by atoms with van der Waals surface area (Å²) >= 11 is 0. The lowest BCUT2D eigenvalue weighted by Crippen LogP contribution is -2.25. The Hall–Kier alpha value is -4.17. The molecule has 0 atom stereocenters. The van der Waals surface area contributed by atoms with Gasteiger partial charge in [0, 0.05) is 26.0 Å². The molecule has 7 nitrogen and oxygen atoms in total. The number of benzene rings is 3. The van der Waals surface area contributed by atoms with Crippen LogP contribution in [0.15, 0.2) is 53.5 Å². The largest absolute Gasteiger partial charge is 0.451 e. The molecule has 3 N–H and O–H groups in total. The molecule has 0 fully saturated rings. The minimum Gasteiger partial charge on any atom is -0.451 e. The molecule has 2 heterocycles. The molecule has 194 valence electrons. The molecule has 6 rings (SSSR count). The fourth-order valence-electron chi connectivity index (χ4n) is 5.37. The smallest absolute Gasteiger partial charge is 0.254 e. The number of nitrogens with one attached hydrogen (secondary N) is 1. The highest BCUT2D eigenvalue weighted by molar-refractivity contribution is 6.01. The molecule has 4 aromatic rings. The van der Waals surface area contributed by atoms with Crippen molar-refractivity contribution in [2.24, 2.45) is 5.73 Å². The third-order valence-corrected chi connectivity index (χ3v) is 7.17. The average Bonchev–Trinajstić information content (AvgIpc) is 3.27. The second kappa shape index (κ2) is 9.61. The number of unbranched alkanes of at least 4 members (excludes halogenated alkanes) is 1. The number of carbonyl (C=O) groups is 1. The van der Waals surface area contributed by atoms with E-state index in [1.54, 1.807) is 4.57 Å². The summed E-state index contributed by atoms with van der Waals surface area (Å²) in [7, 11) is 0. The Kier molecular flexibility index (Phi) is 6.12. The van der Waals surface area contributed by atoms with E-state index in [0.717, 1.165) is 55.0 Å². The van der Waals surface area contributed by atoms with Gasteiger partial charge in [-0.3, -0.25) is 9.59 Å². The molecule has 1 aromatic heterocycles. The molecule has 1 aliphatic heterocycles. The zero-order valence-corrected chi connectivity index (χ0v) is 21.1. The van der Waals surface area contributed by atoms with Crippen molar-refractivity contribution in [3.05, 3.63) is 81.4 Å². The van der Waals surface area contributed by atoms with Crippen LogP contribution < -0.4 is 21.2 Å². The predicted octanol–water partition coefficient (Wildman–Crippen LogP) is 5.52. The van der Waals surface area contributed by atoms with Gasteiger partial charge in [0.2, 0.25) is 5.43 Å². The van der Waals surface area contributed by atoms with Gasteiger partial charge < -0.3 is 25.1 Å². The molecule has 0 unspecified atom stereocenters. The summed E-state index contributed by atoms with van der Waals surface area (Å²) in [6, 6.07) is 13.3. The van der Waals surface area contributed by atoms with Gasteiger partial charge >= 0.3 is 0 Å². The number of hydrogen-bond donors (Lipinski definition) is 2. The van der Waals surface area contributed by atoms with Gasteiger partial charge in [-0.25, -0.2) is 4.39 Å². The molecule has 1 amide bonds. The molecule has 0 bridgehead atoms. The van der Waals surface area contributed by atoms with Gasteiger partial charge in [-0.2, -0.15) is 0 Å². The molecular formula is C30H28FN3O4. The van der Waals surface area contributed by atoms with Crippen molar-refractivity contribution in [1.82, 2.24) is 4.57 Å². The quantitative estimate of drug-likeness (QED) is 0.248. The van der Waals surface area contributed by atoms with E-state index in [4.69, 9.17) is 15.2 Å². The highest BCUT2D eigenvalue weighted by Crippen LogP contribution is 2.48. The lowest BCUT2D eigenvalue weighted by molar-refractivity contribution is 0.0999. The lowest BCUT2D eigenvalue weighted by Gasteiger charge is -2.27. The van der Waals surface area contributed by atoms with Crippen LogP contribution in [0.5, 0.6) is 11.5 Å². The summed E-state index contributed by atoms with van der Waals surface area (Å²) in [4.78, 5) is 25.3. The summed E-state index contributed by atoms with van der Waals surface area (Å²) in [6.07, 6.45) is 4.78. The topological polar surface area (TPSA) is 95.6 Å². The Morgan fingerprint density at radius 3 is 2.79 bits per heavy atom. The van der Waals surface area contributed by atoms with E-state index in [2.05, 4.69) is 24.4 Å². The van der Waals surface area contributed by atoms with Gasteiger partial charge in [0.25, 0.3) is 5.91 Å². The fraction of sp³-hybridized carbons (Fsp3) is 0.267. The van der Waals surface area contributed by atoms with Crippen LogP contribution in [0, 0.1) is 5.82 Å². The van der Waals surface area contributed by atoms with Crippen molar-refractivity contribution in [2.45, 2.75) is 32.6 Å². The van der Waals surface area contributed by atoms with Crippen LogP contribution in [-0.2, 0) is 11.2 Å². The van der Waals surface area contributed by atoms with Crippen LogP contribution in [0.1, 0.15) is 47.7 Å². The normalized spacial score (nSPS) is 12.6. The van der Waals surface area contributed by atoms with Gasteiger partial charge in [0.1, 0.15) is 16.8 Å². The Morgan fingerprint density at radius 2 is 1.97 bits per heavy atom. The summed E-state index contributed by atoms with van der Waals surface area (Å²) in [5.74, 6) is -0.754. The maximum Gasteiger partial charge on any atom is 0.254 e. The monoisotopic (exact) mass is 513 g/mol. The second-order valence-corrected chi connectivity index (χ2v) is 9.72. The summed E-state index contributed by atoms with van der Waals surface area (Å²) < 4.78 is 29.1. The van der Waals surface area contributed by atoms with Crippen molar-refractivity contribution in [3.8, 4) is 28.3 Å². The van der Waals surface area contributed by atoms with Gasteiger partial charge in [-0.15, -0.1) is 0 Å². The van der Waals surface area contributed by atoms with Crippen LogP contribution in [-0.4, -0.2) is 30.2 Å². The first-order valence-corrected chi connectivity index (χ1v) is 12.9. The average molecular weight is 514 g/mol. The number of hydrogen-bond acceptors (Lipinski definition) is 5. The Labute approximate surface area is 219 Å². The van der Waals surface area contributed by atoms with Crippen LogP contribution in [0.3, 0.4) is 0 Å². The number of ether oxygens (including phenoxy) is 2. The first-order chi connectivity index (χ1) is 18.5. The molecule has 0 spiro atoms. The maximum atomic E-state index is 15.5. The number of rotatable bonds is 9. The minimum atomic E-state index is -0.866. The summed E-state index contributed by atoms with van der Waals surface area (Å²) in [6.45, 7) is 3.94. The molecule has 1 aliphatic carbocycles. The SMILES string of the molecule is CCCOCCCCNc1c(F)cc2c(=O)c(C(N)=O)cn3c2c1Oc1cc2c(cc1-3)-c1ccccc1C2. The minimum absolute atomic E-state index is 0.0406. The number of pyridine rings is 1. The van der Waals surface area contributed by atoms with E-state index in [1.807, 2.05) is 24.3 Å². The van der Waals surface area contributed by atoms with Crippen LogP contribution in [0.2, 0.25) is 0 Å². The number of amides is 1. The molecule has 0 saturated heterocycles. The van der Waals surface area contributed by atoms with Gasteiger partial charge in [-0.1, -0.05) is 31.2 Å². The van der Waals surface area contributed by atoms with Gasteiger partial charge in [-0.05, 0) is 66.1 Å². The van der Waals surface area contributed by atoms with E-state index >= 15 is 4.39 Å². The maximum absolute atomic E-state index is 15.5. The molecular weight excluding hydrogens is 485 g/mol. The van der Waals surface area contributed by atoms with Crippen LogP contribution in [0.4, 0.5) is 10.1 Å². The number of carbonyl (C=O) groups excluding carboxylic acids is 1. The Bertz CT molecular complexity index is 1660. The number of aromatic nitrogens is 1. The van der Waals surface area contributed by atoms with Crippen molar-refractivity contribution in [3.63, 3.8) is 0 Å². The lowest BCUT2D eigenvalue weighted by atomic mass is 10.0. The summed E-state index contributed by atoms with van der Waals surface area (Å²) in [5.41, 5.74) is 10.5. The van der Waals surface area contributed by atoms with Crippen molar-refractivity contribution in [2.75, 3.05) is 25.1 Å². The summed E-state index contributed by atoms with van der Waals surface area (Å²) in [5, 5.41) is 3.21. The van der Waals surface area contributed by atoms with E-state index in [0.29, 0.717) is 30.1 Å².